The number of benzene rings is 1. The lowest BCUT2D eigenvalue weighted by atomic mass is 10.3. The van der Waals surface area contributed by atoms with E-state index in [2.05, 4.69) is 47.1 Å². The molecule has 0 amide bonds. The van der Waals surface area contributed by atoms with Crippen LogP contribution in [0.15, 0.2) is 39.8 Å². The number of imidazole rings is 1. The fourth-order valence-corrected chi connectivity index (χ4v) is 2.56. The Kier molecular flexibility index (Phi) is 3.43. The topological polar surface area (TPSA) is 42.2 Å². The molecule has 4 nitrogen and oxygen atoms in total. The van der Waals surface area contributed by atoms with Crippen LogP contribution in [0.1, 0.15) is 0 Å². The first-order valence-electron chi connectivity index (χ1n) is 5.45. The summed E-state index contributed by atoms with van der Waals surface area (Å²) in [6, 6.07) is 2.35. The summed E-state index contributed by atoms with van der Waals surface area (Å²) in [7, 11) is 0. The Hall–Kier alpha value is -1.54. The first kappa shape index (κ1) is 13.4. The molecule has 0 bridgehead atoms. The highest BCUT2D eigenvalue weighted by atomic mass is 79.9. The lowest BCUT2D eigenvalue weighted by Gasteiger charge is -2.10. The predicted octanol–water partition coefficient (Wildman–Crippen LogP) is 4.28. The van der Waals surface area contributed by atoms with E-state index in [1.54, 1.807) is 23.0 Å². The van der Waals surface area contributed by atoms with Crippen molar-refractivity contribution < 1.29 is 8.78 Å². The van der Waals surface area contributed by atoms with Gasteiger partial charge in [0, 0.05) is 23.1 Å². The molecule has 1 N–H and O–H groups in total. The van der Waals surface area contributed by atoms with Gasteiger partial charge in [0.2, 0.25) is 0 Å². The molecule has 0 fully saturated rings. The third-order valence-electron chi connectivity index (χ3n) is 2.59. The molecule has 0 aliphatic heterocycles. The van der Waals surface area contributed by atoms with E-state index in [1.165, 1.54) is 12.1 Å². The van der Waals surface area contributed by atoms with E-state index in [-0.39, 0.29) is 11.5 Å². The van der Waals surface area contributed by atoms with Gasteiger partial charge >= 0.3 is 0 Å². The highest BCUT2D eigenvalue weighted by Crippen LogP contribution is 2.28. The van der Waals surface area contributed by atoms with Gasteiger partial charge in [-0.1, -0.05) is 15.9 Å². The van der Waals surface area contributed by atoms with Crippen molar-refractivity contribution >= 4 is 49.0 Å². The number of rotatable bonds is 2. The van der Waals surface area contributed by atoms with Gasteiger partial charge < -0.3 is 9.72 Å². The van der Waals surface area contributed by atoms with Crippen LogP contribution in [0.3, 0.4) is 0 Å². The third kappa shape index (κ3) is 2.40. The maximum atomic E-state index is 13.8. The number of nitrogens with zero attached hydrogens (tertiary/aromatic N) is 3. The Bertz CT molecular complexity index is 780. The second kappa shape index (κ2) is 5.10. The summed E-state index contributed by atoms with van der Waals surface area (Å²) < 4.78 is 30.2. The normalized spacial score (nSPS) is 11.0. The molecule has 0 atom stereocenters. The molecular formula is C12H6Br2F2N4. The highest BCUT2D eigenvalue weighted by molar-refractivity contribution is 9.10. The molecule has 1 aromatic carbocycles. The lowest BCUT2D eigenvalue weighted by Crippen LogP contribution is -2.02. The summed E-state index contributed by atoms with van der Waals surface area (Å²) in [6.45, 7) is 0. The van der Waals surface area contributed by atoms with Gasteiger partial charge in [0.15, 0.2) is 23.1 Å². The van der Waals surface area contributed by atoms with Crippen LogP contribution in [-0.4, -0.2) is 14.4 Å². The summed E-state index contributed by atoms with van der Waals surface area (Å²) in [5.74, 6) is -1.18. The first-order chi connectivity index (χ1) is 9.54. The molecule has 2 aromatic heterocycles. The maximum absolute atomic E-state index is 13.8. The summed E-state index contributed by atoms with van der Waals surface area (Å²) >= 11 is 6.27. The Morgan fingerprint density at radius 1 is 1.15 bits per heavy atom. The Morgan fingerprint density at radius 3 is 2.55 bits per heavy atom. The zero-order valence-corrected chi connectivity index (χ0v) is 12.9. The molecule has 0 saturated heterocycles. The average molecular weight is 404 g/mol. The summed E-state index contributed by atoms with van der Waals surface area (Å²) in [6.07, 6.45) is 4.98. The average Bonchev–Trinajstić information content (AvgIpc) is 2.81. The number of nitrogens with one attached hydrogen (secondary N) is 1. The second-order valence-electron chi connectivity index (χ2n) is 3.94. The number of halogens is 4. The van der Waals surface area contributed by atoms with E-state index in [0.29, 0.717) is 14.7 Å². The van der Waals surface area contributed by atoms with E-state index >= 15 is 0 Å². The molecule has 20 heavy (non-hydrogen) atoms. The van der Waals surface area contributed by atoms with Gasteiger partial charge in [0.05, 0.1) is 0 Å². The zero-order valence-electron chi connectivity index (χ0n) is 9.74. The van der Waals surface area contributed by atoms with Gasteiger partial charge in [-0.05, 0) is 28.1 Å². The Morgan fingerprint density at radius 2 is 1.85 bits per heavy atom. The van der Waals surface area contributed by atoms with Crippen molar-refractivity contribution in [1.29, 1.82) is 0 Å². The van der Waals surface area contributed by atoms with E-state index in [0.717, 1.165) is 0 Å². The SMILES string of the molecule is Fc1cc(Br)cc(F)c1Nc1nc(Br)cn2ccnc12. The van der Waals surface area contributed by atoms with Gasteiger partial charge in [-0.25, -0.2) is 18.7 Å². The van der Waals surface area contributed by atoms with Crippen LogP contribution in [0.2, 0.25) is 0 Å². The van der Waals surface area contributed by atoms with Crippen LogP contribution >= 0.6 is 31.9 Å². The van der Waals surface area contributed by atoms with Crippen LogP contribution in [0.25, 0.3) is 5.65 Å². The molecule has 0 spiro atoms. The van der Waals surface area contributed by atoms with Crippen molar-refractivity contribution in [2.24, 2.45) is 0 Å². The third-order valence-corrected chi connectivity index (χ3v) is 3.43. The molecule has 0 unspecified atom stereocenters. The molecule has 102 valence electrons. The summed E-state index contributed by atoms with van der Waals surface area (Å²) in [5.41, 5.74) is 0.193. The highest BCUT2D eigenvalue weighted by Gasteiger charge is 2.14. The predicted molar refractivity (Wildman–Crippen MR) is 78.0 cm³/mol. The summed E-state index contributed by atoms with van der Waals surface area (Å²) in [5, 5.41) is 2.64. The number of anilines is 2. The number of aromatic nitrogens is 3. The van der Waals surface area contributed by atoms with Crippen molar-refractivity contribution in [3.05, 3.63) is 51.4 Å². The molecule has 8 heteroatoms. The van der Waals surface area contributed by atoms with Crippen molar-refractivity contribution in [3.8, 4) is 0 Å². The largest absolute Gasteiger partial charge is 0.332 e. The van der Waals surface area contributed by atoms with Gasteiger partial charge in [0.25, 0.3) is 0 Å². The Labute approximate surface area is 129 Å². The van der Waals surface area contributed by atoms with Crippen molar-refractivity contribution in [2.45, 2.75) is 0 Å². The molecule has 2 heterocycles. The second-order valence-corrected chi connectivity index (χ2v) is 5.67. The van der Waals surface area contributed by atoms with Crippen LogP contribution in [-0.2, 0) is 0 Å². The van der Waals surface area contributed by atoms with Crippen LogP contribution in [0.4, 0.5) is 20.3 Å². The van der Waals surface area contributed by atoms with Crippen LogP contribution in [0, 0.1) is 11.6 Å². The fraction of sp³-hybridized carbons (Fsp3) is 0. The van der Waals surface area contributed by atoms with Gasteiger partial charge in [-0.3, -0.25) is 0 Å². The van der Waals surface area contributed by atoms with E-state index in [4.69, 9.17) is 0 Å². The van der Waals surface area contributed by atoms with Gasteiger partial charge in [0.1, 0.15) is 10.3 Å². The minimum atomic E-state index is -0.719. The monoisotopic (exact) mass is 402 g/mol. The van der Waals surface area contributed by atoms with E-state index < -0.39 is 11.6 Å². The molecular weight excluding hydrogens is 398 g/mol. The maximum Gasteiger partial charge on any atom is 0.180 e. The van der Waals surface area contributed by atoms with Crippen LogP contribution in [0.5, 0.6) is 0 Å². The van der Waals surface area contributed by atoms with Crippen molar-refractivity contribution in [3.63, 3.8) is 0 Å². The Balaban J connectivity index is 2.12. The van der Waals surface area contributed by atoms with Crippen LogP contribution < -0.4 is 5.32 Å². The number of hydrogen-bond donors (Lipinski definition) is 1. The summed E-state index contributed by atoms with van der Waals surface area (Å²) in [4.78, 5) is 8.25. The standard InChI is InChI=1S/C12H6Br2F2N4/c13-6-3-7(15)10(8(16)4-6)19-11-12-17-1-2-20(12)5-9(14)18-11/h1-5H,(H,18,19). The molecule has 0 radical (unpaired) electrons. The quantitative estimate of drug-likeness (QED) is 0.694. The lowest BCUT2D eigenvalue weighted by molar-refractivity contribution is 0.589. The number of hydrogen-bond acceptors (Lipinski definition) is 3. The molecule has 3 rings (SSSR count). The first-order valence-corrected chi connectivity index (χ1v) is 7.04. The zero-order chi connectivity index (χ0) is 14.3. The minimum absolute atomic E-state index is 0.254. The van der Waals surface area contributed by atoms with E-state index in [1.807, 2.05) is 0 Å². The van der Waals surface area contributed by atoms with Gasteiger partial charge in [-0.2, -0.15) is 0 Å². The fourth-order valence-electron chi connectivity index (χ4n) is 1.76. The molecule has 0 aliphatic rings. The van der Waals surface area contributed by atoms with Crippen molar-refractivity contribution in [2.75, 3.05) is 5.32 Å². The molecule has 0 saturated carbocycles. The molecule has 3 aromatic rings. The van der Waals surface area contributed by atoms with Crippen molar-refractivity contribution in [1.82, 2.24) is 14.4 Å². The number of fused-ring (bicyclic) bond motifs is 1. The van der Waals surface area contributed by atoms with Gasteiger partial charge in [-0.15, -0.1) is 0 Å². The smallest absolute Gasteiger partial charge is 0.180 e. The minimum Gasteiger partial charge on any atom is -0.332 e. The molecule has 0 aliphatic carbocycles. The van der Waals surface area contributed by atoms with E-state index in [9.17, 15) is 8.78 Å².